The molecule has 7 heteroatoms. The molecule has 2 aromatic heterocycles. The number of aromatic nitrogens is 4. The van der Waals surface area contributed by atoms with Gasteiger partial charge in [-0.25, -0.2) is 9.97 Å². The van der Waals surface area contributed by atoms with Gasteiger partial charge in [0.25, 0.3) is 0 Å². The van der Waals surface area contributed by atoms with E-state index in [0.717, 1.165) is 43.8 Å². The molecule has 0 spiro atoms. The Bertz CT molecular complexity index is 618. The Morgan fingerprint density at radius 2 is 1.86 bits per heavy atom. The van der Waals surface area contributed by atoms with Crippen molar-refractivity contribution in [2.24, 2.45) is 0 Å². The number of hydrogen-bond acceptors (Lipinski definition) is 7. The molecular weight excluding hydrogens is 280 g/mol. The van der Waals surface area contributed by atoms with Crippen LogP contribution in [-0.2, 0) is 0 Å². The molecule has 7 nitrogen and oxygen atoms in total. The van der Waals surface area contributed by atoms with Gasteiger partial charge in [0.2, 0.25) is 11.8 Å². The lowest BCUT2D eigenvalue weighted by atomic mass is 10.2. The second-order valence-electron chi connectivity index (χ2n) is 6.01. The summed E-state index contributed by atoms with van der Waals surface area (Å²) in [5, 5.41) is 4.11. The summed E-state index contributed by atoms with van der Waals surface area (Å²) < 4.78 is 5.45. The van der Waals surface area contributed by atoms with Gasteiger partial charge in [0, 0.05) is 44.5 Å². The number of hydrogen-bond donors (Lipinski definition) is 0. The molecule has 1 saturated heterocycles. The van der Waals surface area contributed by atoms with Gasteiger partial charge in [0.05, 0.1) is 6.04 Å². The largest absolute Gasteiger partial charge is 0.338 e. The van der Waals surface area contributed by atoms with Crippen molar-refractivity contribution in [3.05, 3.63) is 30.2 Å². The summed E-state index contributed by atoms with van der Waals surface area (Å²) in [4.78, 5) is 17.8. The molecule has 2 aliphatic rings. The van der Waals surface area contributed by atoms with Gasteiger partial charge in [0.1, 0.15) is 0 Å². The van der Waals surface area contributed by atoms with E-state index in [2.05, 4.69) is 36.8 Å². The number of nitrogens with zero attached hydrogens (tertiary/aromatic N) is 6. The highest BCUT2D eigenvalue weighted by atomic mass is 16.5. The first kappa shape index (κ1) is 13.6. The highest BCUT2D eigenvalue weighted by Crippen LogP contribution is 2.38. The number of rotatable bonds is 4. The van der Waals surface area contributed by atoms with Crippen LogP contribution in [0.3, 0.4) is 0 Å². The molecule has 22 heavy (non-hydrogen) atoms. The van der Waals surface area contributed by atoms with Gasteiger partial charge >= 0.3 is 0 Å². The molecule has 4 rings (SSSR count). The zero-order chi connectivity index (χ0) is 14.9. The van der Waals surface area contributed by atoms with Crippen molar-refractivity contribution in [1.82, 2.24) is 25.0 Å². The van der Waals surface area contributed by atoms with Gasteiger partial charge in [-0.05, 0) is 25.8 Å². The zero-order valence-corrected chi connectivity index (χ0v) is 12.7. The van der Waals surface area contributed by atoms with Crippen LogP contribution in [0.1, 0.15) is 43.4 Å². The molecule has 0 radical (unpaired) electrons. The fraction of sp³-hybridized carbons (Fsp3) is 0.600. The topological polar surface area (TPSA) is 71.2 Å². The normalized spacial score (nSPS) is 21.0. The van der Waals surface area contributed by atoms with Crippen LogP contribution in [0.2, 0.25) is 0 Å². The Kier molecular flexibility index (Phi) is 3.49. The van der Waals surface area contributed by atoms with E-state index in [4.69, 9.17) is 4.52 Å². The Hall–Kier alpha value is -2.02. The summed E-state index contributed by atoms with van der Waals surface area (Å²) in [5.41, 5.74) is 0. The van der Waals surface area contributed by atoms with Crippen molar-refractivity contribution in [1.29, 1.82) is 0 Å². The quantitative estimate of drug-likeness (QED) is 0.849. The van der Waals surface area contributed by atoms with Crippen LogP contribution in [0.5, 0.6) is 0 Å². The van der Waals surface area contributed by atoms with E-state index >= 15 is 0 Å². The molecule has 0 N–H and O–H groups in total. The van der Waals surface area contributed by atoms with Gasteiger partial charge in [-0.15, -0.1) is 0 Å². The maximum atomic E-state index is 5.45. The number of anilines is 1. The molecule has 0 aromatic carbocycles. The molecule has 1 aliphatic heterocycles. The lowest BCUT2D eigenvalue weighted by Crippen LogP contribution is -2.47. The van der Waals surface area contributed by atoms with Crippen molar-refractivity contribution in [3.63, 3.8) is 0 Å². The number of piperazine rings is 1. The first-order chi connectivity index (χ1) is 10.8. The molecule has 0 amide bonds. The van der Waals surface area contributed by atoms with Crippen LogP contribution in [0.15, 0.2) is 23.0 Å². The second-order valence-corrected chi connectivity index (χ2v) is 6.01. The average Bonchev–Trinajstić information content (AvgIpc) is 3.32. The van der Waals surface area contributed by atoms with E-state index in [1.54, 1.807) is 12.4 Å². The standard InChI is InChI=1S/C15H20N6O/c1-11(14-18-13(19-22-14)12-3-4-12)20-7-9-21(10-8-20)15-16-5-2-6-17-15/h2,5-6,11-12H,3-4,7-10H2,1H3/t11-/m1/s1. The molecule has 1 aliphatic carbocycles. The highest BCUT2D eigenvalue weighted by molar-refractivity contribution is 5.29. The molecule has 0 bridgehead atoms. The summed E-state index contributed by atoms with van der Waals surface area (Å²) in [6.07, 6.45) is 5.97. The molecule has 3 heterocycles. The van der Waals surface area contributed by atoms with Crippen LogP contribution in [0, 0.1) is 0 Å². The Balaban J connectivity index is 1.38. The molecule has 1 saturated carbocycles. The Morgan fingerprint density at radius 3 is 2.55 bits per heavy atom. The third kappa shape index (κ3) is 2.68. The lowest BCUT2D eigenvalue weighted by molar-refractivity contribution is 0.163. The van der Waals surface area contributed by atoms with Gasteiger partial charge < -0.3 is 9.42 Å². The van der Waals surface area contributed by atoms with Crippen LogP contribution >= 0.6 is 0 Å². The minimum absolute atomic E-state index is 0.166. The summed E-state index contributed by atoms with van der Waals surface area (Å²) in [6.45, 7) is 5.86. The minimum atomic E-state index is 0.166. The van der Waals surface area contributed by atoms with Gasteiger partial charge in [-0.2, -0.15) is 4.98 Å². The van der Waals surface area contributed by atoms with E-state index in [9.17, 15) is 0 Å². The predicted octanol–water partition coefficient (Wildman–Crippen LogP) is 1.62. The van der Waals surface area contributed by atoms with E-state index in [1.165, 1.54) is 12.8 Å². The van der Waals surface area contributed by atoms with Gasteiger partial charge in [-0.1, -0.05) is 5.16 Å². The molecule has 2 fully saturated rings. The van der Waals surface area contributed by atoms with Crippen LogP contribution in [-0.4, -0.2) is 51.2 Å². The molecule has 2 aromatic rings. The highest BCUT2D eigenvalue weighted by Gasteiger charge is 2.31. The average molecular weight is 300 g/mol. The third-order valence-corrected chi connectivity index (χ3v) is 4.45. The summed E-state index contributed by atoms with van der Waals surface area (Å²) >= 11 is 0. The van der Waals surface area contributed by atoms with E-state index in [0.29, 0.717) is 5.92 Å². The van der Waals surface area contributed by atoms with Crippen LogP contribution in [0.25, 0.3) is 0 Å². The predicted molar refractivity (Wildman–Crippen MR) is 80.5 cm³/mol. The fourth-order valence-corrected chi connectivity index (χ4v) is 2.84. The second kappa shape index (κ2) is 5.64. The first-order valence-corrected chi connectivity index (χ1v) is 7.91. The maximum absolute atomic E-state index is 5.45. The summed E-state index contributed by atoms with van der Waals surface area (Å²) in [5.74, 6) is 2.98. The zero-order valence-electron chi connectivity index (χ0n) is 12.7. The van der Waals surface area contributed by atoms with Gasteiger partial charge in [0.15, 0.2) is 5.82 Å². The molecule has 1 atom stereocenters. The van der Waals surface area contributed by atoms with Crippen molar-refractivity contribution in [2.45, 2.75) is 31.7 Å². The maximum Gasteiger partial charge on any atom is 0.243 e. The van der Waals surface area contributed by atoms with Crippen molar-refractivity contribution in [2.75, 3.05) is 31.1 Å². The minimum Gasteiger partial charge on any atom is -0.338 e. The molecular formula is C15H20N6O. The fourth-order valence-electron chi connectivity index (χ4n) is 2.84. The molecule has 116 valence electrons. The van der Waals surface area contributed by atoms with Crippen molar-refractivity contribution >= 4 is 5.95 Å². The lowest BCUT2D eigenvalue weighted by Gasteiger charge is -2.36. The van der Waals surface area contributed by atoms with Crippen LogP contribution < -0.4 is 4.90 Å². The van der Waals surface area contributed by atoms with Gasteiger partial charge in [-0.3, -0.25) is 4.90 Å². The molecule has 0 unspecified atom stereocenters. The van der Waals surface area contributed by atoms with E-state index in [1.807, 2.05) is 6.07 Å². The van der Waals surface area contributed by atoms with Crippen molar-refractivity contribution in [3.8, 4) is 0 Å². The first-order valence-electron chi connectivity index (χ1n) is 7.91. The smallest absolute Gasteiger partial charge is 0.243 e. The summed E-state index contributed by atoms with van der Waals surface area (Å²) in [6, 6.07) is 2.01. The Labute approximate surface area is 129 Å². The van der Waals surface area contributed by atoms with E-state index < -0.39 is 0 Å². The third-order valence-electron chi connectivity index (χ3n) is 4.45. The van der Waals surface area contributed by atoms with E-state index in [-0.39, 0.29) is 6.04 Å². The SMILES string of the molecule is C[C@H](c1nc(C2CC2)no1)N1CCN(c2ncccn2)CC1. The van der Waals surface area contributed by atoms with Crippen molar-refractivity contribution < 1.29 is 4.52 Å². The Morgan fingerprint density at radius 1 is 1.14 bits per heavy atom. The summed E-state index contributed by atoms with van der Waals surface area (Å²) in [7, 11) is 0. The van der Waals surface area contributed by atoms with Crippen LogP contribution in [0.4, 0.5) is 5.95 Å². The monoisotopic (exact) mass is 300 g/mol.